The number of aromatic amines is 1. The fraction of sp³-hybridized carbons (Fsp3) is 0.269. The third kappa shape index (κ3) is 5.73. The summed E-state index contributed by atoms with van der Waals surface area (Å²) in [5.41, 5.74) is 4.57. The van der Waals surface area contributed by atoms with Crippen LogP contribution < -0.4 is 4.74 Å². The van der Waals surface area contributed by atoms with E-state index >= 15 is 0 Å². The first-order valence-electron chi connectivity index (χ1n) is 10.7. The minimum atomic E-state index is -4.35. The molecule has 172 valence electrons. The van der Waals surface area contributed by atoms with Crippen molar-refractivity contribution in [3.8, 4) is 16.9 Å². The SMILES string of the molecule is CC(C)(O)c1ccccc1-c1ccc2[nH]c(CCc3ccc(OCC(F)(F)F)cc3)nc2c1. The monoisotopic (exact) mass is 454 g/mol. The number of hydrogen-bond acceptors (Lipinski definition) is 3. The lowest BCUT2D eigenvalue weighted by Crippen LogP contribution is -2.19. The molecule has 0 atom stereocenters. The number of nitrogens with one attached hydrogen (secondary N) is 1. The molecule has 4 nitrogen and oxygen atoms in total. The minimum Gasteiger partial charge on any atom is -0.484 e. The lowest BCUT2D eigenvalue weighted by Gasteiger charge is -2.21. The molecule has 0 aliphatic rings. The standard InChI is InChI=1S/C26H25F3N2O2/c1-25(2,32)21-6-4-3-5-20(21)18-10-13-22-23(15-18)31-24(30-22)14-9-17-7-11-19(12-8-17)33-16-26(27,28)29/h3-8,10-13,15,32H,9,14,16H2,1-2H3,(H,30,31). The average molecular weight is 454 g/mol. The smallest absolute Gasteiger partial charge is 0.422 e. The number of hydrogen-bond donors (Lipinski definition) is 2. The van der Waals surface area contributed by atoms with Crippen molar-refractivity contribution in [3.05, 3.63) is 83.7 Å². The highest BCUT2D eigenvalue weighted by Gasteiger charge is 2.28. The topological polar surface area (TPSA) is 58.1 Å². The van der Waals surface area contributed by atoms with Crippen molar-refractivity contribution in [3.63, 3.8) is 0 Å². The van der Waals surface area contributed by atoms with Crippen molar-refractivity contribution in [1.82, 2.24) is 9.97 Å². The van der Waals surface area contributed by atoms with Gasteiger partial charge in [0.25, 0.3) is 0 Å². The third-order valence-corrected chi connectivity index (χ3v) is 5.41. The molecule has 0 bridgehead atoms. The summed E-state index contributed by atoms with van der Waals surface area (Å²) < 4.78 is 41.5. The van der Waals surface area contributed by atoms with E-state index in [1.54, 1.807) is 38.1 Å². The lowest BCUT2D eigenvalue weighted by molar-refractivity contribution is -0.153. The molecule has 0 spiro atoms. The van der Waals surface area contributed by atoms with E-state index in [-0.39, 0.29) is 5.75 Å². The Labute approximate surface area is 190 Å². The maximum atomic E-state index is 12.3. The Hall–Kier alpha value is -3.32. The van der Waals surface area contributed by atoms with E-state index in [0.29, 0.717) is 12.8 Å². The molecule has 7 heteroatoms. The van der Waals surface area contributed by atoms with E-state index in [1.165, 1.54) is 0 Å². The zero-order valence-electron chi connectivity index (χ0n) is 18.4. The van der Waals surface area contributed by atoms with Gasteiger partial charge in [-0.2, -0.15) is 13.2 Å². The lowest BCUT2D eigenvalue weighted by atomic mass is 9.89. The Bertz CT molecular complexity index is 1240. The molecule has 0 aliphatic heterocycles. The molecule has 4 aromatic rings. The molecule has 4 rings (SSSR count). The molecular formula is C26H25F3N2O2. The first kappa shape index (κ1) is 22.9. The summed E-state index contributed by atoms with van der Waals surface area (Å²) in [5.74, 6) is 1.02. The van der Waals surface area contributed by atoms with Crippen LogP contribution in [0.2, 0.25) is 0 Å². The van der Waals surface area contributed by atoms with Crippen molar-refractivity contribution < 1.29 is 23.0 Å². The zero-order valence-corrected chi connectivity index (χ0v) is 18.4. The van der Waals surface area contributed by atoms with Crippen molar-refractivity contribution in [2.24, 2.45) is 0 Å². The zero-order chi connectivity index (χ0) is 23.6. The van der Waals surface area contributed by atoms with Crippen molar-refractivity contribution in [2.45, 2.75) is 38.5 Å². The number of alkyl halides is 3. The molecule has 0 unspecified atom stereocenters. The summed E-state index contributed by atoms with van der Waals surface area (Å²) in [7, 11) is 0. The average Bonchev–Trinajstić information content (AvgIpc) is 3.18. The number of H-pyrrole nitrogens is 1. The second-order valence-corrected chi connectivity index (χ2v) is 8.57. The summed E-state index contributed by atoms with van der Waals surface area (Å²) in [6, 6.07) is 20.4. The predicted octanol–water partition coefficient (Wildman–Crippen LogP) is 6.18. The molecule has 0 amide bonds. The van der Waals surface area contributed by atoms with Gasteiger partial charge in [0.2, 0.25) is 0 Å². The number of imidazole rings is 1. The van der Waals surface area contributed by atoms with Gasteiger partial charge in [0.05, 0.1) is 16.6 Å². The molecular weight excluding hydrogens is 429 g/mol. The third-order valence-electron chi connectivity index (χ3n) is 5.41. The molecule has 0 aliphatic carbocycles. The normalized spacial score (nSPS) is 12.3. The number of nitrogens with zero attached hydrogens (tertiary/aromatic N) is 1. The van der Waals surface area contributed by atoms with Crippen molar-refractivity contribution in [2.75, 3.05) is 6.61 Å². The van der Waals surface area contributed by atoms with Gasteiger partial charge in [-0.1, -0.05) is 42.5 Å². The molecule has 2 N–H and O–H groups in total. The van der Waals surface area contributed by atoms with Gasteiger partial charge in [-0.15, -0.1) is 0 Å². The molecule has 1 heterocycles. The van der Waals surface area contributed by atoms with Crippen molar-refractivity contribution >= 4 is 11.0 Å². The molecule has 0 fully saturated rings. The van der Waals surface area contributed by atoms with E-state index in [1.807, 2.05) is 42.5 Å². The minimum absolute atomic E-state index is 0.193. The van der Waals surface area contributed by atoms with Crippen LogP contribution in [0.3, 0.4) is 0 Å². The van der Waals surface area contributed by atoms with E-state index in [0.717, 1.165) is 39.1 Å². The van der Waals surface area contributed by atoms with E-state index in [2.05, 4.69) is 4.98 Å². The van der Waals surface area contributed by atoms with Crippen LogP contribution >= 0.6 is 0 Å². The number of aromatic nitrogens is 2. The van der Waals surface area contributed by atoms with E-state index in [4.69, 9.17) is 9.72 Å². The van der Waals surface area contributed by atoms with E-state index < -0.39 is 18.4 Å². The van der Waals surface area contributed by atoms with Crippen LogP contribution in [0.25, 0.3) is 22.2 Å². The van der Waals surface area contributed by atoms with Gasteiger partial charge in [0.1, 0.15) is 11.6 Å². The second-order valence-electron chi connectivity index (χ2n) is 8.57. The van der Waals surface area contributed by atoms with Gasteiger partial charge in [-0.05, 0) is 66.8 Å². The fourth-order valence-electron chi connectivity index (χ4n) is 3.79. The van der Waals surface area contributed by atoms with Gasteiger partial charge in [0, 0.05) is 6.42 Å². The number of rotatable bonds is 7. The summed E-state index contributed by atoms with van der Waals surface area (Å²) >= 11 is 0. The summed E-state index contributed by atoms with van der Waals surface area (Å²) in [5, 5.41) is 10.5. The van der Waals surface area contributed by atoms with Crippen LogP contribution in [0.4, 0.5) is 13.2 Å². The number of fused-ring (bicyclic) bond motifs is 1. The van der Waals surface area contributed by atoms with Gasteiger partial charge in [-0.3, -0.25) is 0 Å². The molecule has 3 aromatic carbocycles. The highest BCUT2D eigenvalue weighted by atomic mass is 19.4. The van der Waals surface area contributed by atoms with Crippen molar-refractivity contribution in [1.29, 1.82) is 0 Å². The first-order chi connectivity index (χ1) is 15.6. The molecule has 33 heavy (non-hydrogen) atoms. The Kier molecular flexibility index (Phi) is 6.17. The largest absolute Gasteiger partial charge is 0.484 e. The van der Waals surface area contributed by atoms with Gasteiger partial charge in [0.15, 0.2) is 6.61 Å². The summed E-state index contributed by atoms with van der Waals surface area (Å²) in [4.78, 5) is 8.04. The Morgan fingerprint density at radius 3 is 2.36 bits per heavy atom. The highest BCUT2D eigenvalue weighted by molar-refractivity contribution is 5.83. The predicted molar refractivity (Wildman–Crippen MR) is 122 cm³/mol. The number of aliphatic hydroxyl groups is 1. The maximum Gasteiger partial charge on any atom is 0.422 e. The summed E-state index contributed by atoms with van der Waals surface area (Å²) in [6.45, 7) is 2.24. The number of halogens is 3. The second kappa shape index (κ2) is 8.90. The van der Waals surface area contributed by atoms with E-state index in [9.17, 15) is 18.3 Å². The Morgan fingerprint density at radius 2 is 1.67 bits per heavy atom. The molecule has 1 aromatic heterocycles. The van der Waals surface area contributed by atoms with Gasteiger partial charge in [-0.25, -0.2) is 4.98 Å². The molecule has 0 saturated heterocycles. The summed E-state index contributed by atoms with van der Waals surface area (Å²) in [6.07, 6.45) is -3.00. The molecule has 0 saturated carbocycles. The van der Waals surface area contributed by atoms with Crippen LogP contribution in [0.15, 0.2) is 66.7 Å². The van der Waals surface area contributed by atoms with Crippen LogP contribution in [0, 0.1) is 0 Å². The number of ether oxygens (including phenoxy) is 1. The quantitative estimate of drug-likeness (QED) is 0.350. The fourth-order valence-corrected chi connectivity index (χ4v) is 3.79. The Morgan fingerprint density at radius 1 is 0.939 bits per heavy atom. The Balaban J connectivity index is 1.47. The van der Waals surface area contributed by atoms with Crippen LogP contribution in [0.5, 0.6) is 5.75 Å². The number of aryl methyl sites for hydroxylation is 2. The van der Waals surface area contributed by atoms with Crippen LogP contribution in [-0.4, -0.2) is 27.9 Å². The first-order valence-corrected chi connectivity index (χ1v) is 10.7. The number of benzene rings is 3. The molecule has 0 radical (unpaired) electrons. The van der Waals surface area contributed by atoms with Crippen LogP contribution in [-0.2, 0) is 18.4 Å². The highest BCUT2D eigenvalue weighted by Crippen LogP contribution is 2.32. The maximum absolute atomic E-state index is 12.3. The van der Waals surface area contributed by atoms with Crippen LogP contribution in [0.1, 0.15) is 30.8 Å². The van der Waals surface area contributed by atoms with Gasteiger partial charge < -0.3 is 14.8 Å². The van der Waals surface area contributed by atoms with Gasteiger partial charge >= 0.3 is 6.18 Å².